The maximum Gasteiger partial charge on any atom is -0.0325 e. The van der Waals surface area contributed by atoms with Gasteiger partial charge in [-0.3, -0.25) is 0 Å². The Bertz CT molecular complexity index is 167. The van der Waals surface area contributed by atoms with Crippen molar-refractivity contribution in [3.8, 4) is 0 Å². The first kappa shape index (κ1) is 15.7. The Labute approximate surface area is 104 Å². The Morgan fingerprint density at radius 2 is 1.25 bits per heavy atom. The van der Waals surface area contributed by atoms with Gasteiger partial charge in [0.15, 0.2) is 0 Å². The first-order valence-electron chi connectivity index (χ1n) is 7.21. The van der Waals surface area contributed by atoms with Crippen molar-refractivity contribution in [1.29, 1.82) is 0 Å². The quantitative estimate of drug-likeness (QED) is 0.432. The molecule has 0 aromatic heterocycles. The van der Waals surface area contributed by atoms with Crippen LogP contribution in [0.2, 0.25) is 0 Å². The molecule has 0 rings (SSSR count). The third kappa shape index (κ3) is 10.3. The van der Waals surface area contributed by atoms with Gasteiger partial charge in [0.2, 0.25) is 0 Å². The highest BCUT2D eigenvalue weighted by Crippen LogP contribution is 2.16. The summed E-state index contributed by atoms with van der Waals surface area (Å²) in [7, 11) is 0. The highest BCUT2D eigenvalue weighted by atomic mass is 14.1. The number of allylic oxidation sites excluding steroid dienone is 2. The summed E-state index contributed by atoms with van der Waals surface area (Å²) in [6.07, 6.45) is 12.8. The summed E-state index contributed by atoms with van der Waals surface area (Å²) in [5.74, 6) is 2.59. The molecule has 0 saturated heterocycles. The standard InChI is InChI=1S/C16H32/c1-6-9-15(4)10-7-8-11-16(5)13-12-14(2)3/h7-8,14-16H,6,9-13H2,1-5H3. The molecule has 0 spiro atoms. The zero-order valence-electron chi connectivity index (χ0n) is 12.1. The summed E-state index contributed by atoms with van der Waals surface area (Å²) in [4.78, 5) is 0. The lowest BCUT2D eigenvalue weighted by Gasteiger charge is -2.10. The summed E-state index contributed by atoms with van der Waals surface area (Å²) in [5, 5.41) is 0. The second kappa shape index (κ2) is 9.93. The monoisotopic (exact) mass is 224 g/mol. The third-order valence-corrected chi connectivity index (χ3v) is 3.26. The normalized spacial score (nSPS) is 15.9. The molecule has 0 saturated carbocycles. The molecule has 0 fully saturated rings. The molecule has 2 atom stereocenters. The van der Waals surface area contributed by atoms with E-state index in [4.69, 9.17) is 0 Å². The van der Waals surface area contributed by atoms with Gasteiger partial charge in [-0.15, -0.1) is 0 Å². The minimum absolute atomic E-state index is 0.857. The van der Waals surface area contributed by atoms with Crippen LogP contribution in [0.3, 0.4) is 0 Å². The zero-order valence-corrected chi connectivity index (χ0v) is 12.1. The van der Waals surface area contributed by atoms with Crippen LogP contribution in [0.5, 0.6) is 0 Å². The van der Waals surface area contributed by atoms with Gasteiger partial charge in [0.05, 0.1) is 0 Å². The smallest absolute Gasteiger partial charge is 0.0325 e. The topological polar surface area (TPSA) is 0 Å². The van der Waals surface area contributed by atoms with Gasteiger partial charge in [-0.2, -0.15) is 0 Å². The van der Waals surface area contributed by atoms with Crippen LogP contribution in [0.4, 0.5) is 0 Å². The van der Waals surface area contributed by atoms with Gasteiger partial charge in [-0.1, -0.05) is 72.5 Å². The fourth-order valence-corrected chi connectivity index (χ4v) is 2.00. The Morgan fingerprint density at radius 3 is 1.69 bits per heavy atom. The average Bonchev–Trinajstić information content (AvgIpc) is 2.22. The largest absolute Gasteiger partial charge is 0.0883 e. The van der Waals surface area contributed by atoms with Gasteiger partial charge in [0.1, 0.15) is 0 Å². The third-order valence-electron chi connectivity index (χ3n) is 3.26. The second-order valence-corrected chi connectivity index (χ2v) is 5.91. The summed E-state index contributed by atoms with van der Waals surface area (Å²) in [6, 6.07) is 0. The highest BCUT2D eigenvalue weighted by molar-refractivity contribution is 4.84. The van der Waals surface area contributed by atoms with Crippen molar-refractivity contribution in [2.45, 2.75) is 73.1 Å². The van der Waals surface area contributed by atoms with E-state index in [9.17, 15) is 0 Å². The lowest BCUT2D eigenvalue weighted by molar-refractivity contribution is 0.452. The molecule has 96 valence electrons. The lowest BCUT2D eigenvalue weighted by atomic mass is 9.96. The maximum atomic E-state index is 2.40. The van der Waals surface area contributed by atoms with Gasteiger partial charge >= 0.3 is 0 Å². The molecule has 0 aliphatic rings. The van der Waals surface area contributed by atoms with Crippen LogP contribution in [0.1, 0.15) is 73.1 Å². The van der Waals surface area contributed by atoms with E-state index in [-0.39, 0.29) is 0 Å². The van der Waals surface area contributed by atoms with Crippen LogP contribution in [0.15, 0.2) is 12.2 Å². The molecule has 0 aromatic carbocycles. The van der Waals surface area contributed by atoms with E-state index in [0.29, 0.717) is 0 Å². The second-order valence-electron chi connectivity index (χ2n) is 5.91. The van der Waals surface area contributed by atoms with Crippen molar-refractivity contribution >= 4 is 0 Å². The Kier molecular flexibility index (Phi) is 9.77. The molecule has 0 heteroatoms. The summed E-state index contributed by atoms with van der Waals surface area (Å²) in [5.41, 5.74) is 0. The molecule has 0 nitrogen and oxygen atoms in total. The first-order valence-corrected chi connectivity index (χ1v) is 7.21. The van der Waals surface area contributed by atoms with Gasteiger partial charge in [-0.25, -0.2) is 0 Å². The summed E-state index contributed by atoms with van der Waals surface area (Å²) < 4.78 is 0. The first-order chi connectivity index (χ1) is 7.56. The predicted molar refractivity (Wildman–Crippen MR) is 75.7 cm³/mol. The molecule has 16 heavy (non-hydrogen) atoms. The van der Waals surface area contributed by atoms with Crippen molar-refractivity contribution < 1.29 is 0 Å². The maximum absolute atomic E-state index is 2.40. The molecular formula is C16H32. The Morgan fingerprint density at radius 1 is 0.750 bits per heavy atom. The van der Waals surface area contributed by atoms with Gasteiger partial charge in [0.25, 0.3) is 0 Å². The van der Waals surface area contributed by atoms with Crippen LogP contribution in [0.25, 0.3) is 0 Å². The fraction of sp³-hybridized carbons (Fsp3) is 0.875. The molecule has 0 N–H and O–H groups in total. The van der Waals surface area contributed by atoms with Gasteiger partial charge in [0, 0.05) is 0 Å². The molecule has 2 unspecified atom stereocenters. The predicted octanol–water partition coefficient (Wildman–Crippen LogP) is 5.83. The summed E-state index contributed by atoms with van der Waals surface area (Å²) >= 11 is 0. The Hall–Kier alpha value is -0.260. The van der Waals surface area contributed by atoms with Crippen LogP contribution < -0.4 is 0 Å². The molecule has 0 bridgehead atoms. The van der Waals surface area contributed by atoms with E-state index in [1.54, 1.807) is 0 Å². The minimum atomic E-state index is 0.857. The van der Waals surface area contributed by atoms with Crippen molar-refractivity contribution in [3.63, 3.8) is 0 Å². The highest BCUT2D eigenvalue weighted by Gasteiger charge is 2.02. The van der Waals surface area contributed by atoms with E-state index in [1.807, 2.05) is 0 Å². The molecular weight excluding hydrogens is 192 g/mol. The molecule has 0 aliphatic carbocycles. The van der Waals surface area contributed by atoms with Crippen molar-refractivity contribution in [2.24, 2.45) is 17.8 Å². The number of hydrogen-bond acceptors (Lipinski definition) is 0. The van der Waals surface area contributed by atoms with E-state index in [0.717, 1.165) is 17.8 Å². The van der Waals surface area contributed by atoms with E-state index in [2.05, 4.69) is 46.8 Å². The van der Waals surface area contributed by atoms with Gasteiger partial charge < -0.3 is 0 Å². The van der Waals surface area contributed by atoms with Crippen LogP contribution in [0, 0.1) is 17.8 Å². The molecule has 0 aliphatic heterocycles. The molecule has 0 aromatic rings. The molecule has 0 amide bonds. The summed E-state index contributed by atoms with van der Waals surface area (Å²) in [6.45, 7) is 11.6. The molecule has 0 radical (unpaired) electrons. The SMILES string of the molecule is CCCC(C)CC=CCC(C)CCC(C)C. The zero-order chi connectivity index (χ0) is 12.4. The molecule has 0 heterocycles. The fourth-order valence-electron chi connectivity index (χ4n) is 2.00. The van der Waals surface area contributed by atoms with Crippen LogP contribution in [-0.2, 0) is 0 Å². The van der Waals surface area contributed by atoms with Crippen molar-refractivity contribution in [2.75, 3.05) is 0 Å². The van der Waals surface area contributed by atoms with Crippen molar-refractivity contribution in [3.05, 3.63) is 12.2 Å². The van der Waals surface area contributed by atoms with Crippen LogP contribution in [-0.4, -0.2) is 0 Å². The number of rotatable bonds is 9. The Balaban J connectivity index is 3.50. The van der Waals surface area contributed by atoms with Crippen molar-refractivity contribution in [1.82, 2.24) is 0 Å². The minimum Gasteiger partial charge on any atom is -0.0883 e. The van der Waals surface area contributed by atoms with E-state index < -0.39 is 0 Å². The number of hydrogen-bond donors (Lipinski definition) is 0. The van der Waals surface area contributed by atoms with Gasteiger partial charge in [-0.05, 0) is 30.6 Å². The lowest BCUT2D eigenvalue weighted by Crippen LogP contribution is -1.96. The van der Waals surface area contributed by atoms with E-state index >= 15 is 0 Å². The van der Waals surface area contributed by atoms with E-state index in [1.165, 1.54) is 38.5 Å². The average molecular weight is 224 g/mol. The van der Waals surface area contributed by atoms with Crippen LogP contribution >= 0.6 is 0 Å².